The van der Waals surface area contributed by atoms with E-state index in [2.05, 4.69) is 99.4 Å². The minimum absolute atomic E-state index is 0.503. The molecule has 5 rings (SSSR count). The van der Waals surface area contributed by atoms with Gasteiger partial charge in [-0.3, -0.25) is 4.98 Å². The third kappa shape index (κ3) is 3.22. The lowest BCUT2D eigenvalue weighted by Crippen LogP contribution is -1.90. The van der Waals surface area contributed by atoms with Crippen LogP contribution < -0.4 is 0 Å². The molecule has 5 aromatic rings. The second-order valence-corrected chi connectivity index (χ2v) is 9.50. The third-order valence-electron chi connectivity index (χ3n) is 5.99. The lowest BCUT2D eigenvalue weighted by Gasteiger charge is -2.10. The Morgan fingerprint density at radius 3 is 2.03 bits per heavy atom. The molecule has 0 amide bonds. The van der Waals surface area contributed by atoms with Crippen molar-refractivity contribution in [3.05, 3.63) is 89.6 Å². The fraction of sp³-hybridized carbons (Fsp3) is 0.179. The number of benzene rings is 3. The molecule has 2 heteroatoms. The Hall–Kier alpha value is -2.97. The summed E-state index contributed by atoms with van der Waals surface area (Å²) in [6.45, 7) is 8.84. The zero-order chi connectivity index (χ0) is 20.8. The van der Waals surface area contributed by atoms with E-state index in [1.807, 2.05) is 17.5 Å². The molecular weight excluding hydrogens is 382 g/mol. The molecule has 2 heterocycles. The molecule has 0 spiro atoms. The Bertz CT molecular complexity index is 1370. The van der Waals surface area contributed by atoms with Gasteiger partial charge in [0.1, 0.15) is 0 Å². The van der Waals surface area contributed by atoms with Gasteiger partial charge in [-0.2, -0.15) is 0 Å². The van der Waals surface area contributed by atoms with Gasteiger partial charge in [0.2, 0.25) is 0 Å². The minimum Gasteiger partial charge on any atom is -0.256 e. The summed E-state index contributed by atoms with van der Waals surface area (Å²) < 4.78 is 2.66. The quantitative estimate of drug-likeness (QED) is 0.292. The van der Waals surface area contributed by atoms with Gasteiger partial charge in [0.25, 0.3) is 0 Å². The molecule has 0 atom stereocenters. The van der Waals surface area contributed by atoms with Crippen molar-refractivity contribution in [2.24, 2.45) is 0 Å². The van der Waals surface area contributed by atoms with E-state index in [1.54, 1.807) is 0 Å². The Morgan fingerprint density at radius 2 is 1.37 bits per heavy atom. The molecule has 0 aliphatic carbocycles. The van der Waals surface area contributed by atoms with Crippen LogP contribution >= 0.6 is 11.3 Å². The van der Waals surface area contributed by atoms with Crippen LogP contribution in [0.4, 0.5) is 0 Å². The Kier molecular flexibility index (Phi) is 4.67. The normalized spacial score (nSPS) is 11.6. The van der Waals surface area contributed by atoms with Crippen LogP contribution in [-0.2, 0) is 0 Å². The predicted molar refractivity (Wildman–Crippen MR) is 132 cm³/mol. The summed E-state index contributed by atoms with van der Waals surface area (Å²) in [5.41, 5.74) is 8.88. The van der Waals surface area contributed by atoms with Crippen molar-refractivity contribution in [3.63, 3.8) is 0 Å². The molecule has 0 aliphatic rings. The summed E-state index contributed by atoms with van der Waals surface area (Å²) in [7, 11) is 0. The van der Waals surface area contributed by atoms with E-state index in [9.17, 15) is 0 Å². The summed E-state index contributed by atoms with van der Waals surface area (Å²) in [6.07, 6.45) is 1.93. The monoisotopic (exact) mass is 407 g/mol. The molecule has 0 unspecified atom stereocenters. The van der Waals surface area contributed by atoms with Gasteiger partial charge in [-0.25, -0.2) is 0 Å². The highest BCUT2D eigenvalue weighted by atomic mass is 32.1. The van der Waals surface area contributed by atoms with Crippen LogP contribution in [0.3, 0.4) is 0 Å². The standard InChI is InChI=1S/C28H25NS/c1-17(2)20-12-13-29-25(14-20)21-8-10-23-24-11-9-22(16-27(24)30-26(23)15-21)28-18(3)6-5-7-19(28)4/h5-17H,1-4H3. The maximum atomic E-state index is 4.63. The summed E-state index contributed by atoms with van der Waals surface area (Å²) >= 11 is 1.87. The van der Waals surface area contributed by atoms with Gasteiger partial charge in [0, 0.05) is 31.9 Å². The topological polar surface area (TPSA) is 12.9 Å². The molecular formula is C28H25NS. The molecule has 0 saturated heterocycles. The number of thiophene rings is 1. The Morgan fingerprint density at radius 1 is 0.733 bits per heavy atom. The highest BCUT2D eigenvalue weighted by Crippen LogP contribution is 2.39. The number of pyridine rings is 1. The number of hydrogen-bond acceptors (Lipinski definition) is 2. The molecule has 0 aliphatic heterocycles. The first-order chi connectivity index (χ1) is 14.5. The van der Waals surface area contributed by atoms with Crippen molar-refractivity contribution in [1.82, 2.24) is 4.98 Å². The highest BCUT2D eigenvalue weighted by molar-refractivity contribution is 7.25. The molecule has 2 aromatic heterocycles. The van der Waals surface area contributed by atoms with E-state index in [0.717, 1.165) is 5.69 Å². The lowest BCUT2D eigenvalue weighted by molar-refractivity contribution is 0.864. The first-order valence-electron chi connectivity index (χ1n) is 10.5. The number of aryl methyl sites for hydroxylation is 2. The summed E-state index contributed by atoms with van der Waals surface area (Å²) in [6, 6.07) is 24.5. The number of fused-ring (bicyclic) bond motifs is 3. The van der Waals surface area contributed by atoms with Crippen LogP contribution in [-0.4, -0.2) is 4.98 Å². The fourth-order valence-electron chi connectivity index (χ4n) is 4.33. The van der Waals surface area contributed by atoms with Crippen molar-refractivity contribution in [2.75, 3.05) is 0 Å². The van der Waals surface area contributed by atoms with E-state index in [1.165, 1.54) is 53.6 Å². The second kappa shape index (κ2) is 7.37. The van der Waals surface area contributed by atoms with Gasteiger partial charge in [-0.1, -0.05) is 56.3 Å². The largest absolute Gasteiger partial charge is 0.256 e. The van der Waals surface area contributed by atoms with E-state index in [4.69, 9.17) is 0 Å². The average molecular weight is 408 g/mol. The predicted octanol–water partition coefficient (Wildman–Crippen LogP) is 8.52. The number of nitrogens with zero attached hydrogens (tertiary/aromatic N) is 1. The zero-order valence-corrected chi connectivity index (χ0v) is 18.7. The molecule has 148 valence electrons. The molecule has 30 heavy (non-hydrogen) atoms. The van der Waals surface area contributed by atoms with Crippen molar-refractivity contribution >= 4 is 31.5 Å². The molecule has 0 fully saturated rings. The summed E-state index contributed by atoms with van der Waals surface area (Å²) in [5.74, 6) is 0.503. The molecule has 3 aromatic carbocycles. The highest BCUT2D eigenvalue weighted by Gasteiger charge is 2.11. The Balaban J connectivity index is 1.63. The summed E-state index contributed by atoms with van der Waals surface area (Å²) in [5, 5.41) is 2.66. The van der Waals surface area contributed by atoms with E-state index in [0.29, 0.717) is 5.92 Å². The molecule has 0 radical (unpaired) electrons. The average Bonchev–Trinajstić information content (AvgIpc) is 3.10. The number of aromatic nitrogens is 1. The maximum Gasteiger partial charge on any atom is 0.0705 e. The SMILES string of the molecule is Cc1cccc(C)c1-c1ccc2c(c1)sc1cc(-c3cc(C(C)C)ccn3)ccc12. The van der Waals surface area contributed by atoms with Crippen LogP contribution in [0, 0.1) is 13.8 Å². The van der Waals surface area contributed by atoms with Gasteiger partial charge < -0.3 is 0 Å². The Labute approximate surface area is 182 Å². The lowest BCUT2D eigenvalue weighted by atomic mass is 9.95. The molecule has 0 bridgehead atoms. The van der Waals surface area contributed by atoms with E-state index < -0.39 is 0 Å². The number of hydrogen-bond donors (Lipinski definition) is 0. The second-order valence-electron chi connectivity index (χ2n) is 8.42. The van der Waals surface area contributed by atoms with Crippen LogP contribution in [0.5, 0.6) is 0 Å². The summed E-state index contributed by atoms with van der Waals surface area (Å²) in [4.78, 5) is 4.63. The first-order valence-corrected chi connectivity index (χ1v) is 11.3. The van der Waals surface area contributed by atoms with Gasteiger partial charge in [-0.15, -0.1) is 11.3 Å². The van der Waals surface area contributed by atoms with Crippen LogP contribution in [0.2, 0.25) is 0 Å². The van der Waals surface area contributed by atoms with Crippen molar-refractivity contribution < 1.29 is 0 Å². The number of rotatable bonds is 3. The van der Waals surface area contributed by atoms with Gasteiger partial charge in [0.05, 0.1) is 5.69 Å². The molecule has 1 nitrogen and oxygen atoms in total. The van der Waals surface area contributed by atoms with Crippen molar-refractivity contribution in [3.8, 4) is 22.4 Å². The van der Waals surface area contributed by atoms with Gasteiger partial charge in [-0.05, 0) is 71.8 Å². The van der Waals surface area contributed by atoms with Crippen LogP contribution in [0.15, 0.2) is 72.9 Å². The molecule has 0 N–H and O–H groups in total. The third-order valence-corrected chi connectivity index (χ3v) is 7.10. The minimum atomic E-state index is 0.503. The van der Waals surface area contributed by atoms with Crippen molar-refractivity contribution in [1.29, 1.82) is 0 Å². The van der Waals surface area contributed by atoms with Gasteiger partial charge in [0.15, 0.2) is 0 Å². The maximum absolute atomic E-state index is 4.63. The van der Waals surface area contributed by atoms with E-state index in [-0.39, 0.29) is 0 Å². The zero-order valence-electron chi connectivity index (χ0n) is 17.9. The fourth-order valence-corrected chi connectivity index (χ4v) is 5.51. The smallest absolute Gasteiger partial charge is 0.0705 e. The van der Waals surface area contributed by atoms with E-state index >= 15 is 0 Å². The van der Waals surface area contributed by atoms with Crippen LogP contribution in [0.25, 0.3) is 42.6 Å². The first kappa shape index (κ1) is 19.0. The van der Waals surface area contributed by atoms with Gasteiger partial charge >= 0.3 is 0 Å². The molecule has 0 saturated carbocycles. The van der Waals surface area contributed by atoms with Crippen molar-refractivity contribution in [2.45, 2.75) is 33.6 Å². The van der Waals surface area contributed by atoms with Crippen LogP contribution in [0.1, 0.15) is 36.5 Å².